The predicted octanol–water partition coefficient (Wildman–Crippen LogP) is 3.54. The van der Waals surface area contributed by atoms with Gasteiger partial charge in [0.2, 0.25) is 0 Å². The minimum Gasteiger partial charge on any atom is -0.356 e. The molecule has 0 heterocycles. The highest BCUT2D eigenvalue weighted by Crippen LogP contribution is 2.19. The summed E-state index contributed by atoms with van der Waals surface area (Å²) in [5.41, 5.74) is 8.74. The molecule has 0 saturated heterocycles. The number of anilines is 2. The van der Waals surface area contributed by atoms with Crippen molar-refractivity contribution in [2.75, 3.05) is 5.32 Å². The second kappa shape index (κ2) is 5.01. The van der Waals surface area contributed by atoms with E-state index < -0.39 is 0 Å². The Morgan fingerprint density at radius 1 is 1.00 bits per heavy atom. The summed E-state index contributed by atoms with van der Waals surface area (Å²) in [6, 6.07) is 15.6. The van der Waals surface area contributed by atoms with Gasteiger partial charge >= 0.3 is 0 Å². The van der Waals surface area contributed by atoms with Gasteiger partial charge in [-0.2, -0.15) is 0 Å². The number of hydrogen-bond donors (Lipinski definition) is 2. The molecule has 0 unspecified atom stereocenters. The molecule has 2 aromatic carbocycles. The molecule has 0 atom stereocenters. The van der Waals surface area contributed by atoms with Crippen LogP contribution in [0.25, 0.3) is 0 Å². The Hall–Kier alpha value is -1.51. The van der Waals surface area contributed by atoms with Crippen molar-refractivity contribution in [3.63, 3.8) is 0 Å². The summed E-state index contributed by atoms with van der Waals surface area (Å²) in [4.78, 5) is 0. The summed E-state index contributed by atoms with van der Waals surface area (Å²) >= 11 is 5.82. The van der Waals surface area contributed by atoms with Crippen LogP contribution in [0.2, 0.25) is 5.02 Å². The van der Waals surface area contributed by atoms with Crippen LogP contribution in [0.4, 0.5) is 11.4 Å². The van der Waals surface area contributed by atoms with E-state index in [9.17, 15) is 0 Å². The molecule has 3 heteroatoms. The van der Waals surface area contributed by atoms with Crippen LogP contribution >= 0.6 is 11.6 Å². The molecule has 2 nitrogen and oxygen atoms in total. The van der Waals surface area contributed by atoms with Crippen LogP contribution in [0.3, 0.4) is 0 Å². The largest absolute Gasteiger partial charge is 0.356 e. The Kier molecular flexibility index (Phi) is 3.44. The average molecular weight is 233 g/mol. The lowest BCUT2D eigenvalue weighted by molar-refractivity contribution is 1.07. The Morgan fingerprint density at radius 3 is 2.44 bits per heavy atom. The number of halogens is 1. The van der Waals surface area contributed by atoms with Gasteiger partial charge in [0.1, 0.15) is 0 Å². The summed E-state index contributed by atoms with van der Waals surface area (Å²) in [6.45, 7) is 0.552. The van der Waals surface area contributed by atoms with Gasteiger partial charge in [0.25, 0.3) is 0 Å². The van der Waals surface area contributed by atoms with Gasteiger partial charge in [0.05, 0.1) is 0 Å². The number of nitrogens with two attached hydrogens (primary N) is 1. The molecule has 0 aliphatic carbocycles. The summed E-state index contributed by atoms with van der Waals surface area (Å²) < 4.78 is 0. The van der Waals surface area contributed by atoms with E-state index in [2.05, 4.69) is 5.32 Å². The maximum absolute atomic E-state index is 5.82. The Morgan fingerprint density at radius 2 is 1.75 bits per heavy atom. The van der Waals surface area contributed by atoms with Gasteiger partial charge in [-0.1, -0.05) is 23.7 Å². The SMILES string of the molecule is NCc1cccc(Nc2ccc(Cl)cc2)c1. The summed E-state index contributed by atoms with van der Waals surface area (Å²) in [6.07, 6.45) is 0. The van der Waals surface area contributed by atoms with E-state index in [-0.39, 0.29) is 0 Å². The van der Waals surface area contributed by atoms with Crippen molar-refractivity contribution in [2.24, 2.45) is 5.73 Å². The van der Waals surface area contributed by atoms with E-state index in [1.165, 1.54) is 0 Å². The van der Waals surface area contributed by atoms with Crippen LogP contribution in [-0.2, 0) is 6.54 Å². The van der Waals surface area contributed by atoms with Gasteiger partial charge in [0, 0.05) is 22.9 Å². The highest BCUT2D eigenvalue weighted by Gasteiger charge is 1.96. The normalized spacial score (nSPS) is 10.1. The van der Waals surface area contributed by atoms with Crippen LogP contribution in [0.5, 0.6) is 0 Å². The first-order chi connectivity index (χ1) is 7.78. The van der Waals surface area contributed by atoms with Gasteiger partial charge < -0.3 is 11.1 Å². The monoisotopic (exact) mass is 232 g/mol. The smallest absolute Gasteiger partial charge is 0.0407 e. The van der Waals surface area contributed by atoms with Gasteiger partial charge in [0.15, 0.2) is 0 Å². The zero-order valence-corrected chi connectivity index (χ0v) is 9.54. The maximum Gasteiger partial charge on any atom is 0.0407 e. The molecule has 0 fully saturated rings. The molecule has 2 rings (SSSR count). The third kappa shape index (κ3) is 2.75. The number of nitrogens with one attached hydrogen (secondary N) is 1. The van der Waals surface area contributed by atoms with E-state index in [1.54, 1.807) is 0 Å². The zero-order chi connectivity index (χ0) is 11.4. The molecular weight excluding hydrogens is 220 g/mol. The molecule has 0 aliphatic heterocycles. The van der Waals surface area contributed by atoms with Crippen molar-refractivity contribution in [1.82, 2.24) is 0 Å². The molecule has 82 valence electrons. The Labute approximate surface area is 100 Å². The van der Waals surface area contributed by atoms with Crippen LogP contribution in [0.15, 0.2) is 48.5 Å². The van der Waals surface area contributed by atoms with Crippen molar-refractivity contribution >= 4 is 23.0 Å². The fourth-order valence-electron chi connectivity index (χ4n) is 1.48. The summed E-state index contributed by atoms with van der Waals surface area (Å²) in [7, 11) is 0. The Bertz CT molecular complexity index is 466. The Balaban J connectivity index is 2.16. The van der Waals surface area contributed by atoms with Crippen LogP contribution in [0.1, 0.15) is 5.56 Å². The lowest BCUT2D eigenvalue weighted by Crippen LogP contribution is -1.97. The minimum absolute atomic E-state index is 0.552. The molecule has 0 aromatic heterocycles. The fraction of sp³-hybridized carbons (Fsp3) is 0.0769. The summed E-state index contributed by atoms with van der Waals surface area (Å²) in [5, 5.41) is 4.03. The second-order valence-electron chi connectivity index (χ2n) is 3.54. The van der Waals surface area contributed by atoms with Gasteiger partial charge in [-0.25, -0.2) is 0 Å². The number of benzene rings is 2. The molecule has 0 spiro atoms. The highest BCUT2D eigenvalue weighted by molar-refractivity contribution is 6.30. The van der Waals surface area contributed by atoms with Crippen LogP contribution in [0, 0.1) is 0 Å². The topological polar surface area (TPSA) is 38.0 Å². The first kappa shape index (κ1) is 11.0. The van der Waals surface area contributed by atoms with Gasteiger partial charge in [-0.15, -0.1) is 0 Å². The summed E-state index contributed by atoms with van der Waals surface area (Å²) in [5.74, 6) is 0. The lowest BCUT2D eigenvalue weighted by Gasteiger charge is -2.07. The lowest BCUT2D eigenvalue weighted by atomic mass is 10.2. The maximum atomic E-state index is 5.82. The number of hydrogen-bond acceptors (Lipinski definition) is 2. The molecule has 0 bridgehead atoms. The average Bonchev–Trinajstić information content (AvgIpc) is 2.32. The quantitative estimate of drug-likeness (QED) is 0.850. The van der Waals surface area contributed by atoms with Crippen molar-refractivity contribution in [3.05, 3.63) is 59.1 Å². The van der Waals surface area contributed by atoms with Gasteiger partial charge in [-0.05, 0) is 42.0 Å². The van der Waals surface area contributed by atoms with Crippen molar-refractivity contribution < 1.29 is 0 Å². The fourth-order valence-corrected chi connectivity index (χ4v) is 1.60. The molecule has 0 radical (unpaired) electrons. The third-order valence-corrected chi connectivity index (χ3v) is 2.55. The van der Waals surface area contributed by atoms with E-state index in [1.807, 2.05) is 48.5 Å². The molecule has 2 aromatic rings. The number of rotatable bonds is 3. The van der Waals surface area contributed by atoms with E-state index in [4.69, 9.17) is 17.3 Å². The molecule has 0 saturated carbocycles. The van der Waals surface area contributed by atoms with Crippen LogP contribution < -0.4 is 11.1 Å². The van der Waals surface area contributed by atoms with Crippen molar-refractivity contribution in [2.45, 2.75) is 6.54 Å². The first-order valence-corrected chi connectivity index (χ1v) is 5.47. The second-order valence-corrected chi connectivity index (χ2v) is 3.97. The van der Waals surface area contributed by atoms with E-state index >= 15 is 0 Å². The standard InChI is InChI=1S/C13H13ClN2/c14-11-4-6-12(7-5-11)16-13-3-1-2-10(8-13)9-15/h1-8,16H,9,15H2. The van der Waals surface area contributed by atoms with Crippen molar-refractivity contribution in [1.29, 1.82) is 0 Å². The molecule has 3 N–H and O–H groups in total. The highest BCUT2D eigenvalue weighted by atomic mass is 35.5. The van der Waals surface area contributed by atoms with Gasteiger partial charge in [-0.3, -0.25) is 0 Å². The van der Waals surface area contributed by atoms with E-state index in [0.29, 0.717) is 6.54 Å². The zero-order valence-electron chi connectivity index (χ0n) is 8.78. The predicted molar refractivity (Wildman–Crippen MR) is 69.1 cm³/mol. The minimum atomic E-state index is 0.552. The van der Waals surface area contributed by atoms with Crippen LogP contribution in [-0.4, -0.2) is 0 Å². The molecular formula is C13H13ClN2. The third-order valence-electron chi connectivity index (χ3n) is 2.30. The molecule has 0 aliphatic rings. The first-order valence-electron chi connectivity index (χ1n) is 5.09. The van der Waals surface area contributed by atoms with Crippen molar-refractivity contribution in [3.8, 4) is 0 Å². The van der Waals surface area contributed by atoms with E-state index in [0.717, 1.165) is 22.0 Å². The molecule has 16 heavy (non-hydrogen) atoms. The molecule has 0 amide bonds.